The molecule has 6 heteroatoms. The van der Waals surface area contributed by atoms with Crippen LogP contribution in [0, 0.1) is 5.82 Å². The van der Waals surface area contributed by atoms with Crippen LogP contribution >= 0.6 is 12.2 Å². The molecule has 0 saturated carbocycles. The quantitative estimate of drug-likeness (QED) is 0.651. The first-order valence-corrected chi connectivity index (χ1v) is 9.14. The third-order valence-corrected chi connectivity index (χ3v) is 4.95. The van der Waals surface area contributed by atoms with Crippen molar-refractivity contribution in [2.24, 2.45) is 0 Å². The average Bonchev–Trinajstić information content (AvgIpc) is 2.92. The van der Waals surface area contributed by atoms with Gasteiger partial charge in [-0.1, -0.05) is 36.4 Å². The molecule has 3 aromatic carbocycles. The SMILES string of the molecule is CC1(c2ccc(Oc3ccccc3)cc2)NC(=S)N(c2cccc(F)c2)C1=O. The van der Waals surface area contributed by atoms with Crippen molar-refractivity contribution in [2.45, 2.75) is 12.5 Å². The number of anilines is 1. The number of hydrogen-bond donors (Lipinski definition) is 1. The van der Waals surface area contributed by atoms with Crippen molar-refractivity contribution >= 4 is 28.9 Å². The summed E-state index contributed by atoms with van der Waals surface area (Å²) in [7, 11) is 0. The number of nitrogens with zero attached hydrogens (tertiary/aromatic N) is 1. The maximum Gasteiger partial charge on any atom is 0.263 e. The maximum atomic E-state index is 13.6. The molecule has 28 heavy (non-hydrogen) atoms. The van der Waals surface area contributed by atoms with Crippen LogP contribution in [0.5, 0.6) is 11.5 Å². The number of benzene rings is 3. The first kappa shape index (κ1) is 18.1. The molecule has 1 atom stereocenters. The third-order valence-electron chi connectivity index (χ3n) is 4.67. The van der Waals surface area contributed by atoms with Crippen molar-refractivity contribution in [1.29, 1.82) is 0 Å². The molecule has 140 valence electrons. The van der Waals surface area contributed by atoms with Gasteiger partial charge in [0.15, 0.2) is 5.11 Å². The molecule has 1 saturated heterocycles. The molecule has 1 unspecified atom stereocenters. The molecular weight excluding hydrogens is 375 g/mol. The van der Waals surface area contributed by atoms with Crippen LogP contribution < -0.4 is 15.0 Å². The summed E-state index contributed by atoms with van der Waals surface area (Å²) in [5, 5.41) is 3.32. The fraction of sp³-hybridized carbons (Fsp3) is 0.0909. The van der Waals surface area contributed by atoms with E-state index < -0.39 is 11.4 Å². The number of rotatable bonds is 4. The summed E-state index contributed by atoms with van der Waals surface area (Å²) < 4.78 is 19.4. The number of carbonyl (C=O) groups is 1. The highest BCUT2D eigenvalue weighted by Gasteiger charge is 2.47. The second kappa shape index (κ2) is 7.05. The number of hydrogen-bond acceptors (Lipinski definition) is 3. The molecule has 0 aliphatic carbocycles. The van der Waals surface area contributed by atoms with Gasteiger partial charge in [-0.15, -0.1) is 0 Å². The van der Waals surface area contributed by atoms with Gasteiger partial charge in [0.25, 0.3) is 5.91 Å². The van der Waals surface area contributed by atoms with Gasteiger partial charge in [-0.3, -0.25) is 9.69 Å². The van der Waals surface area contributed by atoms with Crippen molar-refractivity contribution < 1.29 is 13.9 Å². The summed E-state index contributed by atoms with van der Waals surface area (Å²) >= 11 is 5.35. The predicted octanol–water partition coefficient (Wildman–Crippen LogP) is 4.75. The number of halogens is 1. The zero-order valence-corrected chi connectivity index (χ0v) is 15.9. The van der Waals surface area contributed by atoms with Crippen molar-refractivity contribution in [3.63, 3.8) is 0 Å². The summed E-state index contributed by atoms with van der Waals surface area (Å²) in [6.45, 7) is 1.76. The van der Waals surface area contributed by atoms with Crippen LogP contribution in [0.25, 0.3) is 0 Å². The van der Waals surface area contributed by atoms with Gasteiger partial charge >= 0.3 is 0 Å². The zero-order valence-electron chi connectivity index (χ0n) is 15.1. The summed E-state index contributed by atoms with van der Waals surface area (Å²) in [6, 6.07) is 22.5. The van der Waals surface area contributed by atoms with Gasteiger partial charge in [0.2, 0.25) is 0 Å². The van der Waals surface area contributed by atoms with E-state index in [1.807, 2.05) is 42.5 Å². The lowest BCUT2D eigenvalue weighted by molar-refractivity contribution is -0.121. The molecule has 4 rings (SSSR count). The van der Waals surface area contributed by atoms with Gasteiger partial charge in [0, 0.05) is 0 Å². The summed E-state index contributed by atoms with van der Waals surface area (Å²) in [5.41, 5.74) is 0.0868. The van der Waals surface area contributed by atoms with E-state index in [2.05, 4.69) is 5.32 Å². The Bertz CT molecular complexity index is 1040. The van der Waals surface area contributed by atoms with E-state index in [1.165, 1.54) is 17.0 Å². The highest BCUT2D eigenvalue weighted by atomic mass is 32.1. The van der Waals surface area contributed by atoms with E-state index in [4.69, 9.17) is 17.0 Å². The third kappa shape index (κ3) is 3.23. The Kier molecular flexibility index (Phi) is 4.57. The molecule has 0 aromatic heterocycles. The fourth-order valence-electron chi connectivity index (χ4n) is 3.17. The van der Waals surface area contributed by atoms with Gasteiger partial charge in [-0.2, -0.15) is 0 Å². The van der Waals surface area contributed by atoms with Crippen molar-refractivity contribution in [1.82, 2.24) is 5.32 Å². The van der Waals surface area contributed by atoms with E-state index >= 15 is 0 Å². The van der Waals surface area contributed by atoms with E-state index in [1.54, 1.807) is 31.2 Å². The molecule has 4 nitrogen and oxygen atoms in total. The van der Waals surface area contributed by atoms with Crippen molar-refractivity contribution in [3.8, 4) is 11.5 Å². The van der Waals surface area contributed by atoms with Crippen molar-refractivity contribution in [2.75, 3.05) is 4.90 Å². The van der Waals surface area contributed by atoms with Crippen molar-refractivity contribution in [3.05, 3.63) is 90.2 Å². The minimum atomic E-state index is -1.05. The molecule has 0 radical (unpaired) electrons. The monoisotopic (exact) mass is 392 g/mol. The summed E-state index contributed by atoms with van der Waals surface area (Å²) in [5.74, 6) is 0.701. The van der Waals surface area contributed by atoms with Crippen LogP contribution in [-0.2, 0) is 10.3 Å². The second-order valence-corrected chi connectivity index (χ2v) is 7.00. The number of ether oxygens (including phenoxy) is 1. The van der Waals surface area contributed by atoms with E-state index in [-0.39, 0.29) is 11.0 Å². The number of nitrogens with one attached hydrogen (secondary N) is 1. The summed E-state index contributed by atoms with van der Waals surface area (Å²) in [4.78, 5) is 14.5. The van der Waals surface area contributed by atoms with E-state index in [0.29, 0.717) is 11.4 Å². The molecule has 1 aliphatic heterocycles. The molecule has 1 aliphatic rings. The number of thiocarbonyl (C=S) groups is 1. The van der Waals surface area contributed by atoms with Crippen LogP contribution in [0.3, 0.4) is 0 Å². The lowest BCUT2D eigenvalue weighted by Gasteiger charge is -2.23. The first-order valence-electron chi connectivity index (χ1n) is 8.73. The fourth-order valence-corrected chi connectivity index (χ4v) is 3.56. The largest absolute Gasteiger partial charge is 0.457 e. The zero-order chi connectivity index (χ0) is 19.7. The topological polar surface area (TPSA) is 41.6 Å². The van der Waals surface area contributed by atoms with Crippen LogP contribution in [0.15, 0.2) is 78.9 Å². The molecule has 1 fully saturated rings. The second-order valence-electron chi connectivity index (χ2n) is 6.62. The Morgan fingerprint density at radius 2 is 1.64 bits per heavy atom. The molecular formula is C22H17FN2O2S. The Balaban J connectivity index is 1.60. The highest BCUT2D eigenvalue weighted by Crippen LogP contribution is 2.33. The minimum absolute atomic E-state index is 0.239. The van der Waals surface area contributed by atoms with Gasteiger partial charge in [0.05, 0.1) is 5.69 Å². The van der Waals surface area contributed by atoms with Crippen LogP contribution in [-0.4, -0.2) is 11.0 Å². The van der Waals surface area contributed by atoms with Crippen LogP contribution in [0.2, 0.25) is 0 Å². The lowest BCUT2D eigenvalue weighted by Crippen LogP contribution is -2.40. The average molecular weight is 392 g/mol. The molecule has 0 spiro atoms. The number of carbonyl (C=O) groups excluding carboxylic acids is 1. The highest BCUT2D eigenvalue weighted by molar-refractivity contribution is 7.80. The number of amides is 1. The minimum Gasteiger partial charge on any atom is -0.457 e. The van der Waals surface area contributed by atoms with E-state index in [9.17, 15) is 9.18 Å². The Morgan fingerprint density at radius 1 is 0.964 bits per heavy atom. The summed E-state index contributed by atoms with van der Waals surface area (Å²) in [6.07, 6.45) is 0. The van der Waals surface area contributed by atoms with Gasteiger partial charge in [-0.05, 0) is 67.2 Å². The van der Waals surface area contributed by atoms with Gasteiger partial charge < -0.3 is 10.1 Å². The molecule has 1 N–H and O–H groups in total. The maximum absolute atomic E-state index is 13.6. The Labute approximate surface area is 167 Å². The molecule has 1 amide bonds. The van der Waals surface area contributed by atoms with E-state index in [0.717, 1.165) is 11.3 Å². The molecule has 3 aromatic rings. The predicted molar refractivity (Wildman–Crippen MR) is 110 cm³/mol. The smallest absolute Gasteiger partial charge is 0.263 e. The van der Waals surface area contributed by atoms with Crippen LogP contribution in [0.1, 0.15) is 12.5 Å². The molecule has 1 heterocycles. The van der Waals surface area contributed by atoms with Crippen LogP contribution in [0.4, 0.5) is 10.1 Å². The Morgan fingerprint density at radius 3 is 2.32 bits per heavy atom. The van der Waals surface area contributed by atoms with Gasteiger partial charge in [0.1, 0.15) is 22.9 Å². The molecule has 0 bridgehead atoms. The first-order chi connectivity index (χ1) is 13.5. The lowest BCUT2D eigenvalue weighted by atomic mass is 9.92. The van der Waals surface area contributed by atoms with Gasteiger partial charge in [-0.25, -0.2) is 4.39 Å². The normalized spacial score (nSPS) is 18.9. The number of para-hydroxylation sites is 1. The Hall–Kier alpha value is -3.25. The standard InChI is InChI=1S/C22H17FN2O2S/c1-22(15-10-12-19(13-11-15)27-18-8-3-2-4-9-18)20(26)25(21(28)24-22)17-7-5-6-16(23)14-17/h2-14H,1H3,(H,24,28).